The van der Waals surface area contributed by atoms with E-state index in [0.29, 0.717) is 29.0 Å². The minimum Gasteiger partial charge on any atom is -0.493 e. The van der Waals surface area contributed by atoms with Gasteiger partial charge in [-0.05, 0) is 118 Å². The van der Waals surface area contributed by atoms with Gasteiger partial charge in [-0.2, -0.15) is 0 Å². The molecule has 0 amide bonds. The number of ether oxygens (including phenoxy) is 2. The molecular formula is C32H39NO6S. The lowest BCUT2D eigenvalue weighted by atomic mass is 9.81. The second-order valence-electron chi connectivity index (χ2n) is 11.7. The number of aliphatic carboxylic acids is 1. The molecule has 1 heterocycles. The molecule has 0 bridgehead atoms. The van der Waals surface area contributed by atoms with E-state index < -0.39 is 27.7 Å². The predicted molar refractivity (Wildman–Crippen MR) is 160 cm³/mol. The first-order valence-corrected chi connectivity index (χ1v) is 15.4. The number of hydrogen-bond donors (Lipinski definition) is 2. The van der Waals surface area contributed by atoms with Gasteiger partial charge in [0.25, 0.3) is 0 Å². The Bertz CT molecular complexity index is 1580. The molecule has 3 aromatic carbocycles. The Morgan fingerprint density at radius 2 is 1.62 bits per heavy atom. The predicted octanol–water partition coefficient (Wildman–Crippen LogP) is 6.89. The molecule has 3 aromatic rings. The van der Waals surface area contributed by atoms with Gasteiger partial charge in [-0.3, -0.25) is 4.72 Å². The summed E-state index contributed by atoms with van der Waals surface area (Å²) in [5.74, 6) is -0.319. The molecule has 214 valence electrons. The third-order valence-electron chi connectivity index (χ3n) is 7.29. The largest absolute Gasteiger partial charge is 0.493 e. The summed E-state index contributed by atoms with van der Waals surface area (Å²) in [7, 11) is -3.71. The van der Waals surface area contributed by atoms with Crippen LogP contribution >= 0.6 is 0 Å². The zero-order valence-electron chi connectivity index (χ0n) is 24.6. The monoisotopic (exact) mass is 565 g/mol. The number of anilines is 1. The summed E-state index contributed by atoms with van der Waals surface area (Å²) in [4.78, 5) is 12.8. The maximum absolute atomic E-state index is 12.8. The van der Waals surface area contributed by atoms with Crippen molar-refractivity contribution in [3.8, 4) is 28.0 Å². The molecular weight excluding hydrogens is 526 g/mol. The van der Waals surface area contributed by atoms with Crippen LogP contribution in [-0.2, 0) is 26.0 Å². The third-order valence-corrected chi connectivity index (χ3v) is 7.86. The van der Waals surface area contributed by atoms with Crippen LogP contribution in [0.3, 0.4) is 0 Å². The van der Waals surface area contributed by atoms with E-state index in [1.807, 2.05) is 51.1 Å². The van der Waals surface area contributed by atoms with Crippen molar-refractivity contribution in [3.05, 3.63) is 69.8 Å². The number of carboxylic acids is 1. The molecule has 0 radical (unpaired) electrons. The van der Waals surface area contributed by atoms with Gasteiger partial charge in [0.1, 0.15) is 5.75 Å². The van der Waals surface area contributed by atoms with Crippen LogP contribution in [0.4, 0.5) is 5.69 Å². The molecule has 1 unspecified atom stereocenters. The van der Waals surface area contributed by atoms with Crippen molar-refractivity contribution in [2.75, 3.05) is 17.6 Å². The van der Waals surface area contributed by atoms with Crippen LogP contribution in [-0.4, -0.2) is 38.0 Å². The molecule has 7 nitrogen and oxygen atoms in total. The number of nitrogens with one attached hydrogen (secondary N) is 1. The van der Waals surface area contributed by atoms with Crippen LogP contribution in [0, 0.1) is 27.7 Å². The highest BCUT2D eigenvalue weighted by Gasteiger charge is 2.34. The van der Waals surface area contributed by atoms with Gasteiger partial charge in [0.05, 0.1) is 24.2 Å². The third kappa shape index (κ3) is 6.18. The maximum atomic E-state index is 12.8. The van der Waals surface area contributed by atoms with Gasteiger partial charge in [-0.25, -0.2) is 13.2 Å². The Labute approximate surface area is 237 Å². The number of rotatable bonds is 7. The highest BCUT2D eigenvalue weighted by Crippen LogP contribution is 2.47. The van der Waals surface area contributed by atoms with Gasteiger partial charge in [-0.15, -0.1) is 0 Å². The number of fused-ring (bicyclic) bond motifs is 1. The quantitative estimate of drug-likeness (QED) is 0.323. The normalized spacial score (nSPS) is 14.3. The van der Waals surface area contributed by atoms with Crippen LogP contribution < -0.4 is 9.46 Å². The highest BCUT2D eigenvalue weighted by molar-refractivity contribution is 7.92. The van der Waals surface area contributed by atoms with E-state index in [2.05, 4.69) is 10.8 Å². The van der Waals surface area contributed by atoms with Crippen molar-refractivity contribution in [1.82, 2.24) is 0 Å². The van der Waals surface area contributed by atoms with Crippen molar-refractivity contribution >= 4 is 21.7 Å². The van der Waals surface area contributed by atoms with Gasteiger partial charge in [0.15, 0.2) is 6.10 Å². The molecule has 8 heteroatoms. The van der Waals surface area contributed by atoms with E-state index in [1.54, 1.807) is 27.7 Å². The maximum Gasteiger partial charge on any atom is 0.337 e. The van der Waals surface area contributed by atoms with Crippen molar-refractivity contribution in [2.45, 2.75) is 73.0 Å². The average molecular weight is 566 g/mol. The number of sulfonamides is 1. The first-order valence-electron chi connectivity index (χ1n) is 13.5. The van der Waals surface area contributed by atoms with Crippen LogP contribution in [0.1, 0.15) is 66.7 Å². The molecule has 4 rings (SSSR count). The molecule has 0 fully saturated rings. The van der Waals surface area contributed by atoms with Gasteiger partial charge >= 0.3 is 5.97 Å². The van der Waals surface area contributed by atoms with E-state index in [4.69, 9.17) is 9.47 Å². The first kappa shape index (κ1) is 29.6. The topological polar surface area (TPSA) is 102 Å². The fraction of sp³-hybridized carbons (Fsp3) is 0.406. The smallest absolute Gasteiger partial charge is 0.337 e. The summed E-state index contributed by atoms with van der Waals surface area (Å²) >= 11 is 0. The van der Waals surface area contributed by atoms with Crippen LogP contribution in [0.2, 0.25) is 0 Å². The lowest BCUT2D eigenvalue weighted by molar-refractivity contribution is -0.160. The fourth-order valence-electron chi connectivity index (χ4n) is 5.40. The van der Waals surface area contributed by atoms with Crippen LogP contribution in [0.15, 0.2) is 36.4 Å². The fourth-order valence-corrected chi connectivity index (χ4v) is 6.02. The number of carboxylic acid groups (broad SMARTS) is 1. The Morgan fingerprint density at radius 3 is 2.23 bits per heavy atom. The van der Waals surface area contributed by atoms with Gasteiger partial charge in [0, 0.05) is 11.1 Å². The van der Waals surface area contributed by atoms with Gasteiger partial charge in [-0.1, -0.05) is 24.3 Å². The Hall–Kier alpha value is -3.36. The van der Waals surface area contributed by atoms with E-state index in [0.717, 1.165) is 63.8 Å². The molecule has 1 aliphatic rings. The van der Waals surface area contributed by atoms with Crippen molar-refractivity contribution in [3.63, 3.8) is 0 Å². The molecule has 0 saturated carbocycles. The number of carbonyl (C=O) groups is 1. The molecule has 0 aromatic heterocycles. The standard InChI is InChI=1S/C32H39NO6S/c1-18-11-12-23(16-19(18)2)27-20(3)26(24-13-14-25-22(17-24)10-9-15-38-25)28(21(4)29(27)33-40(8,36)37)30(31(34)35)39-32(5,6)7/h11-14,16-17,30,33H,9-10,15H2,1-8H3,(H,34,35). The van der Waals surface area contributed by atoms with E-state index in [1.165, 1.54) is 0 Å². The van der Waals surface area contributed by atoms with E-state index in [9.17, 15) is 18.3 Å². The average Bonchev–Trinajstić information content (AvgIpc) is 2.85. The zero-order valence-corrected chi connectivity index (χ0v) is 25.4. The molecule has 1 aliphatic heterocycles. The summed E-state index contributed by atoms with van der Waals surface area (Å²) in [6.45, 7) is 13.8. The van der Waals surface area contributed by atoms with E-state index >= 15 is 0 Å². The minimum atomic E-state index is -3.71. The second kappa shape index (κ2) is 10.9. The Balaban J connectivity index is 2.17. The summed E-state index contributed by atoms with van der Waals surface area (Å²) in [5.41, 5.74) is 7.61. The summed E-state index contributed by atoms with van der Waals surface area (Å²) in [5, 5.41) is 10.5. The highest BCUT2D eigenvalue weighted by atomic mass is 32.2. The molecule has 0 aliphatic carbocycles. The van der Waals surface area contributed by atoms with Crippen LogP contribution in [0.25, 0.3) is 22.3 Å². The second-order valence-corrected chi connectivity index (χ2v) is 13.4. The van der Waals surface area contributed by atoms with Crippen molar-refractivity contribution in [1.29, 1.82) is 0 Å². The molecule has 0 saturated heterocycles. The lowest BCUT2D eigenvalue weighted by Gasteiger charge is -2.31. The van der Waals surface area contributed by atoms with E-state index in [-0.39, 0.29) is 0 Å². The zero-order chi connectivity index (χ0) is 29.6. The summed E-state index contributed by atoms with van der Waals surface area (Å²) in [6, 6.07) is 12.0. The lowest BCUT2D eigenvalue weighted by Crippen LogP contribution is -2.29. The van der Waals surface area contributed by atoms with Crippen LogP contribution in [0.5, 0.6) is 5.75 Å². The molecule has 1 atom stereocenters. The number of benzene rings is 3. The van der Waals surface area contributed by atoms with Gasteiger partial charge in [0.2, 0.25) is 10.0 Å². The van der Waals surface area contributed by atoms with Crippen molar-refractivity contribution in [2.24, 2.45) is 0 Å². The first-order chi connectivity index (χ1) is 18.6. The van der Waals surface area contributed by atoms with Crippen molar-refractivity contribution < 1.29 is 27.8 Å². The summed E-state index contributed by atoms with van der Waals surface area (Å²) < 4.78 is 40.0. The number of aryl methyl sites for hydroxylation is 3. The molecule has 2 N–H and O–H groups in total. The SMILES string of the molecule is Cc1ccc(-c2c(C)c(-c3ccc4c(c3)CCCO4)c(C(OC(C)(C)C)C(=O)O)c(C)c2NS(C)(=O)=O)cc1C. The minimum absolute atomic E-state index is 0.354. The Kier molecular flexibility index (Phi) is 8.07. The Morgan fingerprint density at radius 1 is 0.975 bits per heavy atom. The molecule has 0 spiro atoms. The summed E-state index contributed by atoms with van der Waals surface area (Å²) in [6.07, 6.45) is 1.52. The number of hydrogen-bond acceptors (Lipinski definition) is 5. The molecule has 40 heavy (non-hydrogen) atoms. The van der Waals surface area contributed by atoms with Gasteiger partial charge < -0.3 is 14.6 Å².